The van der Waals surface area contributed by atoms with E-state index in [1.54, 1.807) is 0 Å². The first-order valence-corrected chi connectivity index (χ1v) is 8.07. The molecule has 2 aliphatic rings. The average Bonchev–Trinajstić information content (AvgIpc) is 3.18. The number of hydrogen-bond donors (Lipinski definition) is 2. The number of hydrogen-bond acceptors (Lipinski definition) is 3. The third kappa shape index (κ3) is 4.35. The van der Waals surface area contributed by atoms with Crippen LogP contribution in [0.3, 0.4) is 0 Å². The molecule has 1 aliphatic heterocycles. The summed E-state index contributed by atoms with van der Waals surface area (Å²) in [7, 11) is 1.85. The number of piperazine rings is 1. The van der Waals surface area contributed by atoms with Crippen LogP contribution in [0.15, 0.2) is 4.99 Å². The van der Waals surface area contributed by atoms with Crippen LogP contribution in [0.2, 0.25) is 0 Å². The molecule has 20 heavy (non-hydrogen) atoms. The molecule has 3 atom stereocenters. The summed E-state index contributed by atoms with van der Waals surface area (Å²) in [6.07, 6.45) is 1.27. The van der Waals surface area contributed by atoms with E-state index >= 15 is 0 Å². The summed E-state index contributed by atoms with van der Waals surface area (Å²) >= 11 is 0. The summed E-state index contributed by atoms with van der Waals surface area (Å²) in [4.78, 5) is 9.41. The molecular weight excluding hydrogens is 250 g/mol. The molecule has 0 aromatic rings. The Kier molecular flexibility index (Phi) is 5.66. The summed E-state index contributed by atoms with van der Waals surface area (Å²) in [5.74, 6) is 1.76. The van der Waals surface area contributed by atoms with E-state index in [1.807, 2.05) is 7.05 Å². The Morgan fingerprint density at radius 3 is 2.45 bits per heavy atom. The van der Waals surface area contributed by atoms with Gasteiger partial charge in [-0.3, -0.25) is 9.89 Å². The van der Waals surface area contributed by atoms with Gasteiger partial charge < -0.3 is 15.5 Å². The Morgan fingerprint density at radius 1 is 1.30 bits per heavy atom. The van der Waals surface area contributed by atoms with Crippen LogP contribution in [0.25, 0.3) is 0 Å². The highest BCUT2D eigenvalue weighted by Crippen LogP contribution is 2.28. The second kappa shape index (κ2) is 7.27. The monoisotopic (exact) mass is 281 g/mol. The highest BCUT2D eigenvalue weighted by Gasteiger charge is 2.33. The lowest BCUT2D eigenvalue weighted by Gasteiger charge is -2.37. The van der Waals surface area contributed by atoms with E-state index < -0.39 is 0 Å². The number of nitrogens with one attached hydrogen (secondary N) is 2. The van der Waals surface area contributed by atoms with Crippen molar-refractivity contribution >= 4 is 5.96 Å². The first-order valence-electron chi connectivity index (χ1n) is 8.07. The molecule has 116 valence electrons. The van der Waals surface area contributed by atoms with Gasteiger partial charge in [0.2, 0.25) is 0 Å². The molecule has 1 saturated carbocycles. The molecule has 2 N–H and O–H groups in total. The fourth-order valence-corrected chi connectivity index (χ4v) is 2.79. The van der Waals surface area contributed by atoms with Crippen molar-refractivity contribution in [3.8, 4) is 0 Å². The minimum absolute atomic E-state index is 0.559. The van der Waals surface area contributed by atoms with Gasteiger partial charge in [-0.15, -0.1) is 0 Å². The molecule has 1 heterocycles. The average molecular weight is 281 g/mol. The molecular formula is C15H31N5. The van der Waals surface area contributed by atoms with E-state index in [0.717, 1.165) is 18.4 Å². The van der Waals surface area contributed by atoms with Crippen molar-refractivity contribution in [2.24, 2.45) is 10.9 Å². The zero-order chi connectivity index (χ0) is 14.5. The number of rotatable bonds is 5. The Hall–Kier alpha value is -0.810. The topological polar surface area (TPSA) is 42.9 Å². The van der Waals surface area contributed by atoms with Crippen molar-refractivity contribution in [1.29, 1.82) is 0 Å². The first kappa shape index (κ1) is 15.6. The lowest BCUT2D eigenvalue weighted by molar-refractivity contribution is 0.107. The van der Waals surface area contributed by atoms with Gasteiger partial charge in [-0.2, -0.15) is 0 Å². The van der Waals surface area contributed by atoms with Crippen molar-refractivity contribution < 1.29 is 0 Å². The van der Waals surface area contributed by atoms with Gasteiger partial charge >= 0.3 is 0 Å². The molecule has 0 aromatic heterocycles. The molecule has 1 aliphatic carbocycles. The molecule has 1 saturated heterocycles. The van der Waals surface area contributed by atoms with Crippen LogP contribution in [-0.4, -0.2) is 74.2 Å². The maximum Gasteiger partial charge on any atom is 0.191 e. The highest BCUT2D eigenvalue weighted by molar-refractivity contribution is 5.80. The Labute approximate surface area is 123 Å². The molecule has 3 unspecified atom stereocenters. The number of nitrogens with zero attached hydrogens (tertiary/aromatic N) is 3. The maximum atomic E-state index is 4.31. The fourth-order valence-electron chi connectivity index (χ4n) is 2.79. The Balaban J connectivity index is 1.67. The highest BCUT2D eigenvalue weighted by atomic mass is 15.3. The molecule has 0 amide bonds. The van der Waals surface area contributed by atoms with Crippen molar-refractivity contribution in [3.63, 3.8) is 0 Å². The van der Waals surface area contributed by atoms with E-state index in [1.165, 1.54) is 39.1 Å². The van der Waals surface area contributed by atoms with Gasteiger partial charge in [0.15, 0.2) is 5.96 Å². The predicted molar refractivity (Wildman–Crippen MR) is 85.2 cm³/mol. The number of aliphatic imine (C=N–C) groups is 1. The van der Waals surface area contributed by atoms with Crippen LogP contribution >= 0.6 is 0 Å². The van der Waals surface area contributed by atoms with E-state index in [0.29, 0.717) is 12.1 Å². The Bertz CT molecular complexity index is 322. The largest absolute Gasteiger partial charge is 0.355 e. The third-order valence-electron chi connectivity index (χ3n) is 4.70. The van der Waals surface area contributed by atoms with Crippen LogP contribution in [0.5, 0.6) is 0 Å². The van der Waals surface area contributed by atoms with Crippen molar-refractivity contribution in [1.82, 2.24) is 20.4 Å². The molecule has 2 fully saturated rings. The van der Waals surface area contributed by atoms with Crippen LogP contribution in [-0.2, 0) is 0 Å². The van der Waals surface area contributed by atoms with Crippen LogP contribution in [0, 0.1) is 5.92 Å². The zero-order valence-electron chi connectivity index (χ0n) is 13.5. The summed E-state index contributed by atoms with van der Waals surface area (Å²) in [6, 6.07) is 1.19. The smallest absolute Gasteiger partial charge is 0.191 e. The summed E-state index contributed by atoms with van der Waals surface area (Å²) in [5.41, 5.74) is 0. The third-order valence-corrected chi connectivity index (χ3v) is 4.70. The fraction of sp³-hybridized carbons (Fsp3) is 0.933. The molecule has 5 heteroatoms. The number of guanidine groups is 1. The lowest BCUT2D eigenvalue weighted by Crippen LogP contribution is -2.53. The van der Waals surface area contributed by atoms with E-state index in [4.69, 9.17) is 0 Å². The van der Waals surface area contributed by atoms with Gasteiger partial charge in [0.1, 0.15) is 0 Å². The van der Waals surface area contributed by atoms with Gasteiger partial charge in [-0.05, 0) is 25.8 Å². The summed E-state index contributed by atoms with van der Waals surface area (Å²) in [5, 5.41) is 6.94. The minimum atomic E-state index is 0.559. The molecule has 5 nitrogen and oxygen atoms in total. The predicted octanol–water partition coefficient (Wildman–Crippen LogP) is 0.586. The molecule has 0 aromatic carbocycles. The Morgan fingerprint density at radius 2 is 1.95 bits per heavy atom. The maximum absolute atomic E-state index is 4.31. The first-order chi connectivity index (χ1) is 9.63. The zero-order valence-corrected chi connectivity index (χ0v) is 13.5. The van der Waals surface area contributed by atoms with E-state index in [2.05, 4.69) is 46.2 Å². The van der Waals surface area contributed by atoms with Gasteiger partial charge in [-0.25, -0.2) is 0 Å². The summed E-state index contributed by atoms with van der Waals surface area (Å²) < 4.78 is 0. The molecule has 2 rings (SSSR count). The summed E-state index contributed by atoms with van der Waals surface area (Å²) in [6.45, 7) is 13.7. The van der Waals surface area contributed by atoms with Gasteiger partial charge in [0.05, 0.1) is 0 Å². The van der Waals surface area contributed by atoms with Crippen molar-refractivity contribution in [2.75, 3.05) is 46.3 Å². The molecule has 0 spiro atoms. The standard InChI is InChI=1S/C15H31N5/c1-5-19-6-8-20(9-7-19)13(3)11-17-15(16-4)18-14-10-12(14)2/h12-14H,5-11H2,1-4H3,(H2,16,17,18). The SMILES string of the molecule is CCN1CCN(C(C)CNC(=NC)NC2CC2C)CC1. The lowest BCUT2D eigenvalue weighted by atomic mass is 10.2. The second-order valence-electron chi connectivity index (χ2n) is 6.24. The van der Waals surface area contributed by atoms with Crippen molar-refractivity contribution in [3.05, 3.63) is 0 Å². The van der Waals surface area contributed by atoms with Gasteiger partial charge in [-0.1, -0.05) is 13.8 Å². The number of likely N-dealkylation sites (N-methyl/N-ethyl adjacent to an activating group) is 1. The quantitative estimate of drug-likeness (QED) is 0.572. The van der Waals surface area contributed by atoms with Crippen LogP contribution < -0.4 is 10.6 Å². The van der Waals surface area contributed by atoms with Crippen LogP contribution in [0.1, 0.15) is 27.2 Å². The van der Waals surface area contributed by atoms with Crippen LogP contribution in [0.4, 0.5) is 0 Å². The van der Waals surface area contributed by atoms with E-state index in [9.17, 15) is 0 Å². The van der Waals surface area contributed by atoms with E-state index in [-0.39, 0.29) is 0 Å². The van der Waals surface area contributed by atoms with Gasteiger partial charge in [0.25, 0.3) is 0 Å². The normalized spacial score (nSPS) is 30.1. The molecule has 0 radical (unpaired) electrons. The second-order valence-corrected chi connectivity index (χ2v) is 6.24. The molecule has 0 bridgehead atoms. The van der Waals surface area contributed by atoms with Gasteiger partial charge in [0, 0.05) is 51.9 Å². The van der Waals surface area contributed by atoms with Crippen molar-refractivity contribution in [2.45, 2.75) is 39.3 Å². The minimum Gasteiger partial charge on any atom is -0.355 e.